The second-order valence-electron chi connectivity index (χ2n) is 9.28. The topological polar surface area (TPSA) is 96.4 Å². The largest absolute Gasteiger partial charge is 0.378 e. The minimum atomic E-state index is -0.766. The van der Waals surface area contributed by atoms with Gasteiger partial charge in [-0.15, -0.1) is 0 Å². The Kier molecular flexibility index (Phi) is 6.60. The van der Waals surface area contributed by atoms with Gasteiger partial charge in [0.2, 0.25) is 5.95 Å². The molecule has 1 unspecified atom stereocenters. The van der Waals surface area contributed by atoms with E-state index in [1.807, 2.05) is 18.5 Å². The highest BCUT2D eigenvalue weighted by molar-refractivity contribution is 7.84. The van der Waals surface area contributed by atoms with Crippen molar-refractivity contribution in [2.45, 2.75) is 19.8 Å². The lowest BCUT2D eigenvalue weighted by Gasteiger charge is -2.40. The molecule has 0 aliphatic carbocycles. The average molecular weight is 482 g/mol. The molecular weight excluding hydrogens is 450 g/mol. The van der Waals surface area contributed by atoms with Gasteiger partial charge in [-0.3, -0.25) is 4.21 Å². The summed E-state index contributed by atoms with van der Waals surface area (Å²) in [5.41, 5.74) is 1.19. The van der Waals surface area contributed by atoms with Gasteiger partial charge in [0.1, 0.15) is 17.5 Å². The van der Waals surface area contributed by atoms with Gasteiger partial charge in [0.25, 0.3) is 0 Å². The molecule has 0 amide bonds. The maximum atomic E-state index is 11.6. The Labute approximate surface area is 202 Å². The lowest BCUT2D eigenvalue weighted by molar-refractivity contribution is 0.122. The second kappa shape index (κ2) is 9.79. The summed E-state index contributed by atoms with van der Waals surface area (Å²) in [5, 5.41) is 5.55. The summed E-state index contributed by atoms with van der Waals surface area (Å²) in [4.78, 5) is 23.0. The summed E-state index contributed by atoms with van der Waals surface area (Å²) in [6.45, 7) is 9.08. The fourth-order valence-corrected chi connectivity index (χ4v) is 5.44. The zero-order chi connectivity index (χ0) is 23.7. The maximum Gasteiger partial charge on any atom is 0.227 e. The molecule has 9 nitrogen and oxygen atoms in total. The number of aromatic nitrogens is 4. The Morgan fingerprint density at radius 2 is 1.88 bits per heavy atom. The molecule has 0 bridgehead atoms. The predicted octanol–water partition coefficient (Wildman–Crippen LogP) is 2.94. The van der Waals surface area contributed by atoms with E-state index >= 15 is 0 Å². The molecule has 3 aromatic rings. The van der Waals surface area contributed by atoms with Gasteiger partial charge >= 0.3 is 0 Å². The molecule has 1 atom stereocenters. The van der Waals surface area contributed by atoms with Crippen molar-refractivity contribution in [2.24, 2.45) is 5.92 Å². The Morgan fingerprint density at radius 3 is 2.62 bits per heavy atom. The number of pyridine rings is 2. The highest BCUT2D eigenvalue weighted by atomic mass is 32.2. The smallest absolute Gasteiger partial charge is 0.227 e. The Morgan fingerprint density at radius 1 is 1.09 bits per heavy atom. The zero-order valence-electron chi connectivity index (χ0n) is 19.9. The van der Waals surface area contributed by atoms with Crippen LogP contribution in [0, 0.1) is 5.92 Å². The summed E-state index contributed by atoms with van der Waals surface area (Å²) in [5.74, 6) is 4.63. The van der Waals surface area contributed by atoms with Crippen LogP contribution in [-0.4, -0.2) is 75.5 Å². The number of nitrogens with zero attached hydrogens (tertiary/aromatic N) is 6. The predicted molar refractivity (Wildman–Crippen MR) is 137 cm³/mol. The van der Waals surface area contributed by atoms with E-state index in [1.165, 1.54) is 5.56 Å². The zero-order valence-corrected chi connectivity index (χ0v) is 20.7. The van der Waals surface area contributed by atoms with E-state index in [2.05, 4.69) is 40.0 Å². The van der Waals surface area contributed by atoms with E-state index < -0.39 is 10.8 Å². The number of morpholine rings is 1. The summed E-state index contributed by atoms with van der Waals surface area (Å²) in [6.07, 6.45) is 7.43. The van der Waals surface area contributed by atoms with E-state index in [1.54, 1.807) is 12.5 Å². The normalized spacial score (nSPS) is 17.8. The third-order valence-corrected chi connectivity index (χ3v) is 7.26. The third kappa shape index (κ3) is 4.83. The Balaban J connectivity index is 1.41. The molecule has 0 radical (unpaired) electrons. The number of hydrogen-bond donors (Lipinski definition) is 1. The number of anilines is 4. The summed E-state index contributed by atoms with van der Waals surface area (Å²) < 4.78 is 17.0. The van der Waals surface area contributed by atoms with Crippen molar-refractivity contribution in [3.8, 4) is 0 Å². The fraction of sp³-hybridized carbons (Fsp3) is 0.500. The van der Waals surface area contributed by atoms with Crippen LogP contribution in [0.15, 0.2) is 30.7 Å². The van der Waals surface area contributed by atoms with Gasteiger partial charge < -0.3 is 19.9 Å². The molecule has 34 heavy (non-hydrogen) atoms. The van der Waals surface area contributed by atoms with Crippen LogP contribution in [0.2, 0.25) is 0 Å². The lowest BCUT2D eigenvalue weighted by Crippen LogP contribution is -2.49. The van der Waals surface area contributed by atoms with Crippen molar-refractivity contribution in [3.63, 3.8) is 0 Å². The van der Waals surface area contributed by atoms with Crippen LogP contribution in [0.25, 0.3) is 10.8 Å². The molecular formula is C24H31N7O2S. The van der Waals surface area contributed by atoms with Crippen LogP contribution >= 0.6 is 0 Å². The van der Waals surface area contributed by atoms with Crippen LogP contribution in [0.1, 0.15) is 25.3 Å². The second-order valence-corrected chi connectivity index (χ2v) is 10.8. The van der Waals surface area contributed by atoms with E-state index in [-0.39, 0.29) is 0 Å². The standard InChI is InChI=1S/C24H31N7O2S/c1-16(2)19-11-27-23(31-13-17(14-31)15-34(3)32)20-12-26-22(10-18(19)20)28-21-4-5-25-24(29-21)30-6-8-33-9-7-30/h4-5,10-12,16-17H,6-9,13-15H2,1-3H3,(H,25,26,28,29). The first-order chi connectivity index (χ1) is 16.5. The molecule has 2 aliphatic heterocycles. The highest BCUT2D eigenvalue weighted by Gasteiger charge is 2.30. The fourth-order valence-electron chi connectivity index (χ4n) is 4.57. The van der Waals surface area contributed by atoms with E-state index in [9.17, 15) is 4.21 Å². The highest BCUT2D eigenvalue weighted by Crippen LogP contribution is 2.35. The quantitative estimate of drug-likeness (QED) is 0.546. The van der Waals surface area contributed by atoms with E-state index in [4.69, 9.17) is 19.7 Å². The monoisotopic (exact) mass is 481 g/mol. The number of fused-ring (bicyclic) bond motifs is 1. The number of rotatable bonds is 7. The molecule has 0 saturated carbocycles. The van der Waals surface area contributed by atoms with Gasteiger partial charge in [-0.2, -0.15) is 4.98 Å². The van der Waals surface area contributed by atoms with Crippen molar-refractivity contribution >= 4 is 45.0 Å². The summed E-state index contributed by atoms with van der Waals surface area (Å²) in [6, 6.07) is 3.94. The van der Waals surface area contributed by atoms with Crippen LogP contribution in [-0.2, 0) is 15.5 Å². The number of nitrogens with one attached hydrogen (secondary N) is 1. The minimum absolute atomic E-state index is 0.331. The van der Waals surface area contributed by atoms with Gasteiger partial charge in [0.15, 0.2) is 0 Å². The Bertz CT molecular complexity index is 1190. The van der Waals surface area contributed by atoms with Crippen LogP contribution in [0.4, 0.5) is 23.4 Å². The van der Waals surface area contributed by atoms with Crippen molar-refractivity contribution in [1.29, 1.82) is 0 Å². The molecule has 3 aromatic heterocycles. The van der Waals surface area contributed by atoms with Gasteiger partial charge in [-0.1, -0.05) is 13.8 Å². The molecule has 2 aliphatic rings. The molecule has 5 rings (SSSR count). The minimum Gasteiger partial charge on any atom is -0.378 e. The van der Waals surface area contributed by atoms with Crippen LogP contribution in [0.5, 0.6) is 0 Å². The lowest BCUT2D eigenvalue weighted by atomic mass is 9.97. The molecule has 10 heteroatoms. The van der Waals surface area contributed by atoms with Crippen molar-refractivity contribution in [1.82, 2.24) is 19.9 Å². The first-order valence-corrected chi connectivity index (χ1v) is 13.5. The van der Waals surface area contributed by atoms with Gasteiger partial charge in [-0.05, 0) is 29.0 Å². The molecule has 0 aromatic carbocycles. The van der Waals surface area contributed by atoms with Crippen molar-refractivity contribution in [2.75, 3.05) is 66.5 Å². The molecule has 0 spiro atoms. The van der Waals surface area contributed by atoms with E-state index in [0.717, 1.165) is 54.3 Å². The van der Waals surface area contributed by atoms with Crippen LogP contribution in [0.3, 0.4) is 0 Å². The summed E-state index contributed by atoms with van der Waals surface area (Å²) in [7, 11) is -0.766. The molecule has 180 valence electrons. The number of hydrogen-bond acceptors (Lipinski definition) is 9. The number of ether oxygens (including phenoxy) is 1. The van der Waals surface area contributed by atoms with Gasteiger partial charge in [-0.25, -0.2) is 15.0 Å². The van der Waals surface area contributed by atoms with Gasteiger partial charge in [0, 0.05) is 78.9 Å². The Hall–Kier alpha value is -2.85. The summed E-state index contributed by atoms with van der Waals surface area (Å²) >= 11 is 0. The van der Waals surface area contributed by atoms with Crippen molar-refractivity contribution in [3.05, 3.63) is 36.3 Å². The molecule has 5 heterocycles. The first-order valence-electron chi connectivity index (χ1n) is 11.7. The third-order valence-electron chi connectivity index (χ3n) is 6.32. The average Bonchev–Trinajstić information content (AvgIpc) is 2.81. The van der Waals surface area contributed by atoms with Crippen LogP contribution < -0.4 is 15.1 Å². The van der Waals surface area contributed by atoms with Crippen molar-refractivity contribution < 1.29 is 8.95 Å². The van der Waals surface area contributed by atoms with Gasteiger partial charge in [0.05, 0.1) is 13.2 Å². The maximum absolute atomic E-state index is 11.6. The molecule has 2 saturated heterocycles. The first kappa shape index (κ1) is 22.9. The molecule has 2 fully saturated rings. The SMILES string of the molecule is CC(C)c1cnc(N2CC(CS(C)=O)C2)c2cnc(Nc3ccnc(N4CCOCC4)n3)cc12. The molecule has 1 N–H and O–H groups in total. The van der Waals surface area contributed by atoms with E-state index in [0.29, 0.717) is 36.8 Å².